The highest BCUT2D eigenvalue weighted by atomic mass is 32.2. The van der Waals surface area contributed by atoms with Crippen LogP contribution in [0.1, 0.15) is 11.1 Å². The fraction of sp³-hybridized carbons (Fsp3) is 0.0625. The van der Waals surface area contributed by atoms with E-state index >= 15 is 0 Å². The SMILES string of the molecule is O=C1NC(=Nc2cccc(C(F)(F)F)c2)C(=Cc2ccncc2)S1. The maximum Gasteiger partial charge on any atom is 0.416 e. The van der Waals surface area contributed by atoms with Gasteiger partial charge in [0.05, 0.1) is 16.2 Å². The highest BCUT2D eigenvalue weighted by Gasteiger charge is 2.30. The van der Waals surface area contributed by atoms with Gasteiger partial charge in [-0.15, -0.1) is 0 Å². The van der Waals surface area contributed by atoms with E-state index in [1.807, 2.05) is 0 Å². The smallest absolute Gasteiger partial charge is 0.300 e. The predicted octanol–water partition coefficient (Wildman–Crippen LogP) is 4.63. The number of amides is 1. The zero-order valence-electron chi connectivity index (χ0n) is 12.0. The second-order valence-corrected chi connectivity index (χ2v) is 5.83. The summed E-state index contributed by atoms with van der Waals surface area (Å²) < 4.78 is 38.3. The van der Waals surface area contributed by atoms with E-state index < -0.39 is 11.7 Å². The molecule has 2 aromatic rings. The quantitative estimate of drug-likeness (QED) is 0.860. The molecule has 1 fully saturated rings. The first-order valence-electron chi connectivity index (χ1n) is 6.79. The Morgan fingerprint density at radius 2 is 1.92 bits per heavy atom. The minimum atomic E-state index is -4.44. The molecule has 2 heterocycles. The molecule has 0 unspecified atom stereocenters. The number of carbonyl (C=O) groups excluding carboxylic acids is 1. The van der Waals surface area contributed by atoms with Gasteiger partial charge in [0.1, 0.15) is 5.84 Å². The van der Waals surface area contributed by atoms with E-state index in [9.17, 15) is 18.0 Å². The molecule has 3 rings (SSSR count). The van der Waals surface area contributed by atoms with E-state index in [4.69, 9.17) is 0 Å². The van der Waals surface area contributed by atoms with Gasteiger partial charge in [-0.3, -0.25) is 9.78 Å². The number of alkyl halides is 3. The first-order chi connectivity index (χ1) is 11.4. The highest BCUT2D eigenvalue weighted by Crippen LogP contribution is 2.33. The van der Waals surface area contributed by atoms with Crippen molar-refractivity contribution in [2.75, 3.05) is 0 Å². The molecule has 1 aliphatic rings. The molecule has 0 spiro atoms. The minimum Gasteiger partial charge on any atom is -0.300 e. The number of amidine groups is 1. The number of hydrogen-bond donors (Lipinski definition) is 1. The van der Waals surface area contributed by atoms with Crippen molar-refractivity contribution in [3.63, 3.8) is 0 Å². The molecule has 24 heavy (non-hydrogen) atoms. The van der Waals surface area contributed by atoms with Gasteiger partial charge in [-0.05, 0) is 53.7 Å². The Kier molecular flexibility index (Phi) is 4.39. The molecule has 1 aliphatic heterocycles. The maximum atomic E-state index is 12.8. The van der Waals surface area contributed by atoms with Crippen LogP contribution < -0.4 is 5.32 Å². The lowest BCUT2D eigenvalue weighted by atomic mass is 10.2. The Balaban J connectivity index is 1.96. The summed E-state index contributed by atoms with van der Waals surface area (Å²) in [6.45, 7) is 0. The van der Waals surface area contributed by atoms with Crippen LogP contribution in [0.3, 0.4) is 0 Å². The van der Waals surface area contributed by atoms with Crippen molar-refractivity contribution in [3.8, 4) is 0 Å². The molecule has 1 amide bonds. The number of pyridine rings is 1. The third kappa shape index (κ3) is 3.83. The molecular weight excluding hydrogens is 339 g/mol. The van der Waals surface area contributed by atoms with E-state index in [1.165, 1.54) is 12.1 Å². The monoisotopic (exact) mass is 349 g/mol. The van der Waals surface area contributed by atoms with Crippen LogP contribution in [0, 0.1) is 0 Å². The minimum absolute atomic E-state index is 0.114. The zero-order valence-corrected chi connectivity index (χ0v) is 12.9. The van der Waals surface area contributed by atoms with Crippen molar-refractivity contribution in [3.05, 3.63) is 64.8 Å². The number of thioether (sulfide) groups is 1. The van der Waals surface area contributed by atoms with Gasteiger partial charge in [0.25, 0.3) is 5.24 Å². The average Bonchev–Trinajstić information content (AvgIpc) is 2.87. The van der Waals surface area contributed by atoms with Crippen LogP contribution in [0.4, 0.5) is 23.7 Å². The van der Waals surface area contributed by atoms with Crippen molar-refractivity contribution < 1.29 is 18.0 Å². The Hall–Kier alpha value is -2.61. The molecule has 0 aliphatic carbocycles. The largest absolute Gasteiger partial charge is 0.416 e. The molecule has 122 valence electrons. The molecule has 1 saturated heterocycles. The number of aromatic nitrogens is 1. The van der Waals surface area contributed by atoms with Crippen LogP contribution in [-0.4, -0.2) is 16.1 Å². The molecule has 8 heteroatoms. The first-order valence-corrected chi connectivity index (χ1v) is 7.60. The lowest BCUT2D eigenvalue weighted by Gasteiger charge is -2.07. The number of nitrogens with zero attached hydrogens (tertiary/aromatic N) is 2. The van der Waals surface area contributed by atoms with E-state index in [0.29, 0.717) is 4.91 Å². The number of carbonyl (C=O) groups is 1. The molecular formula is C16H10F3N3OS. The highest BCUT2D eigenvalue weighted by molar-refractivity contribution is 8.18. The summed E-state index contributed by atoms with van der Waals surface area (Å²) in [7, 11) is 0. The van der Waals surface area contributed by atoms with E-state index in [-0.39, 0.29) is 16.8 Å². The standard InChI is InChI=1S/C16H10F3N3OS/c17-16(18,19)11-2-1-3-12(9-11)21-14-13(24-15(23)22-14)8-10-4-6-20-7-5-10/h1-9H,(H,21,22,23). The van der Waals surface area contributed by atoms with Gasteiger partial charge in [-0.1, -0.05) is 6.07 Å². The molecule has 0 atom stereocenters. The first kappa shape index (κ1) is 16.3. The van der Waals surface area contributed by atoms with Crippen LogP contribution in [0.15, 0.2) is 58.7 Å². The average molecular weight is 349 g/mol. The summed E-state index contributed by atoms with van der Waals surface area (Å²) in [6.07, 6.45) is 0.478. The molecule has 0 bridgehead atoms. The summed E-state index contributed by atoms with van der Waals surface area (Å²) in [6, 6.07) is 8.13. The molecule has 4 nitrogen and oxygen atoms in total. The molecule has 1 aromatic carbocycles. The normalized spacial score (nSPS) is 18.2. The topological polar surface area (TPSA) is 54.4 Å². The fourth-order valence-corrected chi connectivity index (χ4v) is 2.74. The third-order valence-electron chi connectivity index (χ3n) is 3.07. The number of rotatable bonds is 2. The number of nitrogens with one attached hydrogen (secondary N) is 1. The van der Waals surface area contributed by atoms with Crippen molar-refractivity contribution in [1.82, 2.24) is 10.3 Å². The second kappa shape index (κ2) is 6.48. The summed E-state index contributed by atoms with van der Waals surface area (Å²) in [5, 5.41) is 2.21. The van der Waals surface area contributed by atoms with Crippen LogP contribution in [0.2, 0.25) is 0 Å². The summed E-state index contributed by atoms with van der Waals surface area (Å²) in [4.78, 5) is 20.2. The summed E-state index contributed by atoms with van der Waals surface area (Å²) >= 11 is 0.935. The molecule has 1 aromatic heterocycles. The zero-order chi connectivity index (χ0) is 17.2. The third-order valence-corrected chi connectivity index (χ3v) is 3.89. The number of hydrogen-bond acceptors (Lipinski definition) is 4. The second-order valence-electron chi connectivity index (χ2n) is 4.81. The van der Waals surface area contributed by atoms with Crippen molar-refractivity contribution >= 4 is 34.6 Å². The van der Waals surface area contributed by atoms with Crippen molar-refractivity contribution in [2.45, 2.75) is 6.18 Å². The Labute approximate surface area is 139 Å². The predicted molar refractivity (Wildman–Crippen MR) is 86.9 cm³/mol. The molecule has 1 N–H and O–H groups in total. The van der Waals surface area contributed by atoms with Gasteiger partial charge >= 0.3 is 6.18 Å². The van der Waals surface area contributed by atoms with Crippen molar-refractivity contribution in [1.29, 1.82) is 0 Å². The van der Waals surface area contributed by atoms with Gasteiger partial charge in [-0.2, -0.15) is 13.2 Å². The van der Waals surface area contributed by atoms with Crippen LogP contribution in [0.25, 0.3) is 6.08 Å². The van der Waals surface area contributed by atoms with Gasteiger partial charge in [0.2, 0.25) is 0 Å². The Morgan fingerprint density at radius 1 is 1.17 bits per heavy atom. The molecule has 0 saturated carbocycles. The number of halogens is 3. The van der Waals surface area contributed by atoms with E-state index in [1.54, 1.807) is 30.6 Å². The number of benzene rings is 1. The van der Waals surface area contributed by atoms with Crippen LogP contribution in [-0.2, 0) is 6.18 Å². The molecule has 0 radical (unpaired) electrons. The van der Waals surface area contributed by atoms with Crippen molar-refractivity contribution in [2.24, 2.45) is 4.99 Å². The van der Waals surface area contributed by atoms with E-state index in [0.717, 1.165) is 29.5 Å². The van der Waals surface area contributed by atoms with Crippen LogP contribution in [0.5, 0.6) is 0 Å². The Bertz CT molecular complexity index is 832. The lowest BCUT2D eigenvalue weighted by Crippen LogP contribution is -2.18. The van der Waals surface area contributed by atoms with E-state index in [2.05, 4.69) is 15.3 Å². The lowest BCUT2D eigenvalue weighted by molar-refractivity contribution is -0.137. The Morgan fingerprint density at radius 3 is 2.62 bits per heavy atom. The van der Waals surface area contributed by atoms with Gasteiger partial charge in [0.15, 0.2) is 0 Å². The summed E-state index contributed by atoms with van der Waals surface area (Å²) in [5.41, 5.74) is 0.130. The van der Waals surface area contributed by atoms with Gasteiger partial charge in [0, 0.05) is 12.4 Å². The van der Waals surface area contributed by atoms with Gasteiger partial charge in [-0.25, -0.2) is 4.99 Å². The summed E-state index contributed by atoms with van der Waals surface area (Å²) in [5.74, 6) is 0.223. The fourth-order valence-electron chi connectivity index (χ4n) is 2.00. The van der Waals surface area contributed by atoms with Crippen LogP contribution >= 0.6 is 11.8 Å². The number of aliphatic imine (C=N–C) groups is 1. The van der Waals surface area contributed by atoms with Gasteiger partial charge < -0.3 is 5.32 Å². The maximum absolute atomic E-state index is 12.8.